The van der Waals surface area contributed by atoms with Gasteiger partial charge in [0.25, 0.3) is 0 Å². The predicted octanol–water partition coefficient (Wildman–Crippen LogP) is 2.61. The minimum atomic E-state index is 0.965. The van der Waals surface area contributed by atoms with Crippen LogP contribution in [0.4, 0.5) is 0 Å². The molecule has 0 bridgehead atoms. The first kappa shape index (κ1) is 10.5. The summed E-state index contributed by atoms with van der Waals surface area (Å²) >= 11 is 0. The average Bonchev–Trinajstić information content (AvgIpc) is 2.20. The van der Waals surface area contributed by atoms with Crippen molar-refractivity contribution < 1.29 is 0 Å². The van der Waals surface area contributed by atoms with E-state index in [1.165, 1.54) is 5.57 Å². The van der Waals surface area contributed by atoms with Gasteiger partial charge in [0.05, 0.1) is 11.4 Å². The van der Waals surface area contributed by atoms with Crippen LogP contribution < -0.4 is 5.32 Å². The number of hydrogen-bond acceptors (Lipinski definition) is 2. The molecule has 1 heterocycles. The lowest BCUT2D eigenvalue weighted by atomic mass is 10.2. The molecule has 0 aliphatic rings. The molecule has 0 amide bonds. The van der Waals surface area contributed by atoms with Crippen LogP contribution in [0.25, 0.3) is 5.70 Å². The summed E-state index contributed by atoms with van der Waals surface area (Å²) in [6.07, 6.45) is 5.90. The molecule has 1 rings (SSSR count). The van der Waals surface area contributed by atoms with Crippen molar-refractivity contribution in [1.82, 2.24) is 10.3 Å². The molecule has 1 aromatic heterocycles. The van der Waals surface area contributed by atoms with Crippen molar-refractivity contribution >= 4 is 5.70 Å². The molecule has 0 spiro atoms. The second-order valence-electron chi connectivity index (χ2n) is 3.29. The Morgan fingerprint density at radius 1 is 1.29 bits per heavy atom. The van der Waals surface area contributed by atoms with E-state index >= 15 is 0 Å². The van der Waals surface area contributed by atoms with Crippen LogP contribution in [0.15, 0.2) is 42.1 Å². The zero-order chi connectivity index (χ0) is 10.4. The number of nitrogens with one attached hydrogen (secondary N) is 1. The Labute approximate surface area is 85.4 Å². The highest BCUT2D eigenvalue weighted by Crippen LogP contribution is 2.07. The highest BCUT2D eigenvalue weighted by molar-refractivity contribution is 5.62. The molecule has 1 N–H and O–H groups in total. The van der Waals surface area contributed by atoms with Gasteiger partial charge in [-0.2, -0.15) is 0 Å². The van der Waals surface area contributed by atoms with Crippen LogP contribution in [0.5, 0.6) is 0 Å². The zero-order valence-corrected chi connectivity index (χ0v) is 8.91. The summed E-state index contributed by atoms with van der Waals surface area (Å²) in [6, 6.07) is 5.88. The highest BCUT2D eigenvalue weighted by atomic mass is 14.9. The van der Waals surface area contributed by atoms with Crippen molar-refractivity contribution in [3.63, 3.8) is 0 Å². The van der Waals surface area contributed by atoms with Crippen LogP contribution in [-0.4, -0.2) is 12.0 Å². The van der Waals surface area contributed by atoms with E-state index in [1.807, 2.05) is 31.3 Å². The Hall–Kier alpha value is -1.57. The molecule has 0 saturated carbocycles. The standard InChI is InChI=1S/C12H16N2/c1-10(2)7-8-11(13-3)12-6-4-5-9-14-12/h4-9,13H,1-3H3/b11-8-. The molecule has 2 nitrogen and oxygen atoms in total. The summed E-state index contributed by atoms with van der Waals surface area (Å²) in [5, 5.41) is 3.13. The Balaban J connectivity index is 2.93. The Kier molecular flexibility index (Phi) is 3.92. The Morgan fingerprint density at radius 3 is 2.57 bits per heavy atom. The number of allylic oxidation sites excluding steroid dienone is 3. The van der Waals surface area contributed by atoms with E-state index in [2.05, 4.69) is 30.2 Å². The van der Waals surface area contributed by atoms with Gasteiger partial charge in [-0.25, -0.2) is 0 Å². The molecule has 0 aromatic carbocycles. The van der Waals surface area contributed by atoms with E-state index in [1.54, 1.807) is 6.20 Å². The maximum atomic E-state index is 4.27. The largest absolute Gasteiger partial charge is 0.386 e. The molecule has 74 valence electrons. The fourth-order valence-electron chi connectivity index (χ4n) is 1.07. The first-order valence-corrected chi connectivity index (χ1v) is 4.68. The summed E-state index contributed by atoms with van der Waals surface area (Å²) in [5.74, 6) is 0. The van der Waals surface area contributed by atoms with E-state index in [4.69, 9.17) is 0 Å². The summed E-state index contributed by atoms with van der Waals surface area (Å²) < 4.78 is 0. The summed E-state index contributed by atoms with van der Waals surface area (Å²) in [7, 11) is 1.90. The van der Waals surface area contributed by atoms with Crippen LogP contribution in [0.2, 0.25) is 0 Å². The minimum Gasteiger partial charge on any atom is -0.386 e. The SMILES string of the molecule is CN/C(=C\C=C(C)C)c1ccccn1. The van der Waals surface area contributed by atoms with Gasteiger partial charge < -0.3 is 5.32 Å². The van der Waals surface area contributed by atoms with Gasteiger partial charge >= 0.3 is 0 Å². The van der Waals surface area contributed by atoms with E-state index in [0.717, 1.165) is 11.4 Å². The van der Waals surface area contributed by atoms with Crippen molar-refractivity contribution in [3.8, 4) is 0 Å². The third kappa shape index (κ3) is 3.05. The number of aromatic nitrogens is 1. The quantitative estimate of drug-likeness (QED) is 0.737. The third-order valence-corrected chi connectivity index (χ3v) is 1.79. The van der Waals surface area contributed by atoms with Gasteiger partial charge in [0.1, 0.15) is 0 Å². The van der Waals surface area contributed by atoms with Crippen LogP contribution in [0.3, 0.4) is 0 Å². The lowest BCUT2D eigenvalue weighted by Gasteiger charge is -2.04. The highest BCUT2D eigenvalue weighted by Gasteiger charge is 1.96. The van der Waals surface area contributed by atoms with Crippen molar-refractivity contribution in [2.75, 3.05) is 7.05 Å². The predicted molar refractivity (Wildman–Crippen MR) is 60.7 cm³/mol. The molecule has 0 fully saturated rings. The molecule has 0 radical (unpaired) electrons. The molecular formula is C12H16N2. The normalized spacial score (nSPS) is 10.9. The lowest BCUT2D eigenvalue weighted by Crippen LogP contribution is -2.05. The van der Waals surface area contributed by atoms with Crippen molar-refractivity contribution in [2.45, 2.75) is 13.8 Å². The number of rotatable bonds is 3. The molecule has 0 saturated heterocycles. The number of pyridine rings is 1. The van der Waals surface area contributed by atoms with Crippen molar-refractivity contribution in [2.24, 2.45) is 0 Å². The van der Waals surface area contributed by atoms with Crippen LogP contribution in [-0.2, 0) is 0 Å². The van der Waals surface area contributed by atoms with Gasteiger partial charge in [0.15, 0.2) is 0 Å². The molecule has 0 atom stereocenters. The summed E-state index contributed by atoms with van der Waals surface area (Å²) in [4.78, 5) is 4.27. The maximum Gasteiger partial charge on any atom is 0.0860 e. The van der Waals surface area contributed by atoms with Crippen LogP contribution >= 0.6 is 0 Å². The topological polar surface area (TPSA) is 24.9 Å². The van der Waals surface area contributed by atoms with Gasteiger partial charge in [0, 0.05) is 13.2 Å². The second-order valence-corrected chi connectivity index (χ2v) is 3.29. The van der Waals surface area contributed by atoms with Crippen molar-refractivity contribution in [3.05, 3.63) is 47.8 Å². The van der Waals surface area contributed by atoms with E-state index < -0.39 is 0 Å². The molecule has 2 heteroatoms. The van der Waals surface area contributed by atoms with Crippen LogP contribution in [0, 0.1) is 0 Å². The average molecular weight is 188 g/mol. The van der Waals surface area contributed by atoms with Gasteiger partial charge in [0.2, 0.25) is 0 Å². The van der Waals surface area contributed by atoms with E-state index in [-0.39, 0.29) is 0 Å². The fraction of sp³-hybridized carbons (Fsp3) is 0.250. The third-order valence-electron chi connectivity index (χ3n) is 1.79. The molecule has 0 aliphatic heterocycles. The zero-order valence-electron chi connectivity index (χ0n) is 8.91. The summed E-state index contributed by atoms with van der Waals surface area (Å²) in [5.41, 5.74) is 3.27. The fourth-order valence-corrected chi connectivity index (χ4v) is 1.07. The number of nitrogens with zero attached hydrogens (tertiary/aromatic N) is 1. The second kappa shape index (κ2) is 5.22. The molecule has 0 aliphatic carbocycles. The maximum absolute atomic E-state index is 4.27. The number of hydrogen-bond donors (Lipinski definition) is 1. The lowest BCUT2D eigenvalue weighted by molar-refractivity contribution is 1.09. The molecule has 0 unspecified atom stereocenters. The Morgan fingerprint density at radius 2 is 2.07 bits per heavy atom. The molecular weight excluding hydrogens is 172 g/mol. The minimum absolute atomic E-state index is 0.965. The van der Waals surface area contributed by atoms with Crippen LogP contribution in [0.1, 0.15) is 19.5 Å². The Bertz CT molecular complexity index is 333. The molecule has 14 heavy (non-hydrogen) atoms. The first-order valence-electron chi connectivity index (χ1n) is 4.68. The van der Waals surface area contributed by atoms with E-state index in [9.17, 15) is 0 Å². The first-order chi connectivity index (χ1) is 6.74. The van der Waals surface area contributed by atoms with Gasteiger partial charge in [-0.05, 0) is 32.1 Å². The molecule has 1 aromatic rings. The van der Waals surface area contributed by atoms with Crippen molar-refractivity contribution in [1.29, 1.82) is 0 Å². The van der Waals surface area contributed by atoms with Gasteiger partial charge in [-0.15, -0.1) is 0 Å². The smallest absolute Gasteiger partial charge is 0.0860 e. The van der Waals surface area contributed by atoms with Gasteiger partial charge in [-0.3, -0.25) is 4.98 Å². The van der Waals surface area contributed by atoms with E-state index in [0.29, 0.717) is 0 Å². The monoisotopic (exact) mass is 188 g/mol. The summed E-state index contributed by atoms with van der Waals surface area (Å²) in [6.45, 7) is 4.14. The van der Waals surface area contributed by atoms with Gasteiger partial charge in [-0.1, -0.05) is 17.7 Å².